The molecule has 2 aliphatic rings. The molecule has 6 heteroatoms. The molecule has 1 atom stereocenters. The molecule has 0 aliphatic carbocycles. The molecule has 1 unspecified atom stereocenters. The van der Waals surface area contributed by atoms with Crippen LogP contribution in [0.1, 0.15) is 17.5 Å². The lowest BCUT2D eigenvalue weighted by atomic mass is 9.95. The first-order valence-electron chi connectivity index (χ1n) is 8.66. The van der Waals surface area contributed by atoms with Gasteiger partial charge in [0.2, 0.25) is 0 Å². The van der Waals surface area contributed by atoms with Crippen molar-refractivity contribution in [1.82, 2.24) is 15.5 Å². The molecule has 24 heavy (non-hydrogen) atoms. The van der Waals surface area contributed by atoms with Crippen LogP contribution in [0.2, 0.25) is 0 Å². The number of urea groups is 1. The van der Waals surface area contributed by atoms with Gasteiger partial charge in [-0.2, -0.15) is 11.8 Å². The summed E-state index contributed by atoms with van der Waals surface area (Å²) in [7, 11) is 0. The third-order valence-electron chi connectivity index (χ3n) is 4.88. The Hall–Kier alpha value is -1.24. The van der Waals surface area contributed by atoms with Gasteiger partial charge in [0, 0.05) is 37.5 Å². The fourth-order valence-electron chi connectivity index (χ4n) is 3.45. The Labute approximate surface area is 148 Å². The molecular weight excluding hydrogens is 322 g/mol. The lowest BCUT2D eigenvalue weighted by Gasteiger charge is -2.43. The predicted molar refractivity (Wildman–Crippen MR) is 98.5 cm³/mol. The smallest absolute Gasteiger partial charge is 0.315 e. The van der Waals surface area contributed by atoms with Gasteiger partial charge in [-0.25, -0.2) is 4.79 Å². The van der Waals surface area contributed by atoms with E-state index in [4.69, 9.17) is 4.74 Å². The molecule has 3 rings (SSSR count). The van der Waals surface area contributed by atoms with E-state index in [0.717, 1.165) is 44.0 Å². The number of rotatable bonds is 5. The highest BCUT2D eigenvalue weighted by atomic mass is 32.2. The number of hydrogen-bond donors (Lipinski definition) is 2. The number of nitrogens with zero attached hydrogens (tertiary/aromatic N) is 1. The van der Waals surface area contributed by atoms with E-state index >= 15 is 0 Å². The fourth-order valence-corrected chi connectivity index (χ4v) is 4.92. The Balaban J connectivity index is 1.50. The maximum absolute atomic E-state index is 12.2. The van der Waals surface area contributed by atoms with Crippen LogP contribution in [0.4, 0.5) is 4.79 Å². The average Bonchev–Trinajstić information content (AvgIpc) is 3.09. The maximum atomic E-state index is 12.2. The van der Waals surface area contributed by atoms with Crippen LogP contribution in [0.5, 0.6) is 0 Å². The highest BCUT2D eigenvalue weighted by molar-refractivity contribution is 7.99. The van der Waals surface area contributed by atoms with E-state index in [9.17, 15) is 4.79 Å². The summed E-state index contributed by atoms with van der Waals surface area (Å²) in [6.45, 7) is 6.86. The fraction of sp³-hybridized carbons (Fsp3) is 0.611. The van der Waals surface area contributed by atoms with Crippen LogP contribution < -0.4 is 10.6 Å². The van der Waals surface area contributed by atoms with Crippen molar-refractivity contribution in [2.45, 2.75) is 25.4 Å². The van der Waals surface area contributed by atoms with E-state index in [1.807, 2.05) is 23.9 Å². The molecule has 0 radical (unpaired) electrons. The van der Waals surface area contributed by atoms with Crippen molar-refractivity contribution in [3.8, 4) is 0 Å². The SMILES string of the molecule is Cc1cccc(CNC(=O)NCC2(N3CCOCC3)CCSC2)c1. The molecule has 2 heterocycles. The minimum Gasteiger partial charge on any atom is -0.379 e. The quantitative estimate of drug-likeness (QED) is 0.854. The van der Waals surface area contributed by atoms with Gasteiger partial charge in [0.05, 0.1) is 13.2 Å². The zero-order chi connectivity index (χ0) is 16.8. The minimum absolute atomic E-state index is 0.0824. The van der Waals surface area contributed by atoms with Crippen LogP contribution in [0, 0.1) is 6.92 Å². The van der Waals surface area contributed by atoms with E-state index in [0.29, 0.717) is 13.1 Å². The van der Waals surface area contributed by atoms with Crippen molar-refractivity contribution in [3.05, 3.63) is 35.4 Å². The Morgan fingerprint density at radius 1 is 1.33 bits per heavy atom. The van der Waals surface area contributed by atoms with Gasteiger partial charge >= 0.3 is 6.03 Å². The first-order chi connectivity index (χ1) is 11.7. The summed E-state index contributed by atoms with van der Waals surface area (Å²) in [6.07, 6.45) is 1.13. The van der Waals surface area contributed by atoms with Gasteiger partial charge in [0.1, 0.15) is 0 Å². The highest BCUT2D eigenvalue weighted by Gasteiger charge is 2.40. The van der Waals surface area contributed by atoms with E-state index in [1.54, 1.807) is 0 Å². The summed E-state index contributed by atoms with van der Waals surface area (Å²) in [5.74, 6) is 2.26. The van der Waals surface area contributed by atoms with Gasteiger partial charge in [0.15, 0.2) is 0 Å². The van der Waals surface area contributed by atoms with Crippen molar-refractivity contribution in [2.24, 2.45) is 0 Å². The summed E-state index contributed by atoms with van der Waals surface area (Å²) in [5, 5.41) is 6.07. The Morgan fingerprint density at radius 3 is 2.88 bits per heavy atom. The second kappa shape index (κ2) is 8.23. The standard InChI is InChI=1S/C18H27N3O2S/c1-15-3-2-4-16(11-15)12-19-17(22)20-13-18(5-10-24-14-18)21-6-8-23-9-7-21/h2-4,11H,5-10,12-14H2,1H3,(H2,19,20,22). The molecular formula is C18H27N3O2S. The summed E-state index contributed by atoms with van der Waals surface area (Å²) < 4.78 is 5.48. The molecule has 2 amide bonds. The molecule has 0 saturated carbocycles. The molecule has 1 aromatic rings. The molecule has 0 aromatic heterocycles. The Morgan fingerprint density at radius 2 is 2.17 bits per heavy atom. The number of ether oxygens (including phenoxy) is 1. The molecule has 0 spiro atoms. The number of nitrogens with one attached hydrogen (secondary N) is 2. The van der Waals surface area contributed by atoms with Crippen molar-refractivity contribution in [1.29, 1.82) is 0 Å². The van der Waals surface area contributed by atoms with Gasteiger partial charge in [-0.15, -0.1) is 0 Å². The molecule has 2 saturated heterocycles. The van der Waals surface area contributed by atoms with E-state index in [1.165, 1.54) is 11.3 Å². The first kappa shape index (κ1) is 17.6. The second-order valence-electron chi connectivity index (χ2n) is 6.65. The van der Waals surface area contributed by atoms with Crippen molar-refractivity contribution in [3.63, 3.8) is 0 Å². The van der Waals surface area contributed by atoms with Gasteiger partial charge in [-0.3, -0.25) is 4.90 Å². The van der Waals surface area contributed by atoms with E-state index in [2.05, 4.69) is 34.6 Å². The van der Waals surface area contributed by atoms with Crippen LogP contribution in [-0.2, 0) is 11.3 Å². The highest BCUT2D eigenvalue weighted by Crippen LogP contribution is 2.33. The number of hydrogen-bond acceptors (Lipinski definition) is 4. The van der Waals surface area contributed by atoms with Crippen LogP contribution >= 0.6 is 11.8 Å². The summed E-state index contributed by atoms with van der Waals surface area (Å²) in [5.41, 5.74) is 2.43. The summed E-state index contributed by atoms with van der Waals surface area (Å²) in [4.78, 5) is 14.7. The molecule has 0 bridgehead atoms. The molecule has 132 valence electrons. The topological polar surface area (TPSA) is 53.6 Å². The van der Waals surface area contributed by atoms with Crippen LogP contribution in [0.15, 0.2) is 24.3 Å². The molecule has 2 N–H and O–H groups in total. The van der Waals surface area contributed by atoms with Crippen molar-refractivity contribution in [2.75, 3.05) is 44.4 Å². The van der Waals surface area contributed by atoms with Gasteiger partial charge in [0.25, 0.3) is 0 Å². The minimum atomic E-state index is -0.0824. The van der Waals surface area contributed by atoms with Gasteiger partial charge in [-0.1, -0.05) is 29.8 Å². The van der Waals surface area contributed by atoms with E-state index in [-0.39, 0.29) is 11.6 Å². The predicted octanol–water partition coefficient (Wildman–Crippen LogP) is 2.00. The Kier molecular flexibility index (Phi) is 6.03. The number of thioether (sulfide) groups is 1. The van der Waals surface area contributed by atoms with Crippen LogP contribution in [0.3, 0.4) is 0 Å². The maximum Gasteiger partial charge on any atom is 0.315 e. The molecule has 2 fully saturated rings. The van der Waals surface area contributed by atoms with Crippen molar-refractivity contribution < 1.29 is 9.53 Å². The molecule has 5 nitrogen and oxygen atoms in total. The monoisotopic (exact) mass is 349 g/mol. The van der Waals surface area contributed by atoms with Crippen LogP contribution in [-0.4, -0.2) is 60.8 Å². The zero-order valence-corrected chi connectivity index (χ0v) is 15.2. The van der Waals surface area contributed by atoms with Gasteiger partial charge in [-0.05, 0) is 24.7 Å². The number of amides is 2. The second-order valence-corrected chi connectivity index (χ2v) is 7.76. The molecule has 1 aromatic carbocycles. The Bertz CT molecular complexity index is 555. The van der Waals surface area contributed by atoms with E-state index < -0.39 is 0 Å². The normalized spacial score (nSPS) is 24.7. The van der Waals surface area contributed by atoms with Crippen LogP contribution in [0.25, 0.3) is 0 Å². The number of benzene rings is 1. The van der Waals surface area contributed by atoms with Crippen molar-refractivity contribution >= 4 is 17.8 Å². The third-order valence-corrected chi connectivity index (χ3v) is 6.11. The summed E-state index contributed by atoms with van der Waals surface area (Å²) >= 11 is 1.98. The number of morpholine rings is 1. The number of aryl methyl sites for hydroxylation is 1. The first-order valence-corrected chi connectivity index (χ1v) is 9.81. The van der Waals surface area contributed by atoms with Gasteiger partial charge < -0.3 is 15.4 Å². The average molecular weight is 350 g/mol. The molecule has 2 aliphatic heterocycles. The summed E-state index contributed by atoms with van der Waals surface area (Å²) in [6, 6.07) is 8.14. The third kappa shape index (κ3) is 4.43. The largest absolute Gasteiger partial charge is 0.379 e. The number of carbonyl (C=O) groups excluding carboxylic acids is 1. The lowest BCUT2D eigenvalue weighted by molar-refractivity contribution is -0.0124. The number of carbonyl (C=O) groups is 1. The zero-order valence-electron chi connectivity index (χ0n) is 14.3. The lowest BCUT2D eigenvalue weighted by Crippen LogP contribution is -2.59.